The molecule has 0 spiro atoms. The highest BCUT2D eigenvalue weighted by Crippen LogP contribution is 2.22. The first-order valence-electron chi connectivity index (χ1n) is 16.5. The van der Waals surface area contributed by atoms with Crippen molar-refractivity contribution in [1.82, 2.24) is 10.2 Å². The van der Waals surface area contributed by atoms with Crippen molar-refractivity contribution in [3.8, 4) is 0 Å². The van der Waals surface area contributed by atoms with Crippen LogP contribution in [0.3, 0.4) is 0 Å². The lowest BCUT2D eigenvalue weighted by molar-refractivity contribution is -0.173. The van der Waals surface area contributed by atoms with E-state index in [1.165, 1.54) is 33.1 Å². The molecule has 2 aliphatic heterocycles. The van der Waals surface area contributed by atoms with Gasteiger partial charge in [0.05, 0.1) is 12.0 Å². The molecule has 3 fully saturated rings. The van der Waals surface area contributed by atoms with Gasteiger partial charge in [-0.05, 0) is 67.0 Å². The van der Waals surface area contributed by atoms with Gasteiger partial charge in [-0.2, -0.15) is 0 Å². The van der Waals surface area contributed by atoms with E-state index in [4.69, 9.17) is 25.1 Å². The monoisotopic (exact) mass is 631 g/mol. The fourth-order valence-corrected chi connectivity index (χ4v) is 4.53. The summed E-state index contributed by atoms with van der Waals surface area (Å²) in [5, 5.41) is 20.2. The van der Waals surface area contributed by atoms with E-state index < -0.39 is 24.4 Å². The van der Waals surface area contributed by atoms with Crippen molar-refractivity contribution >= 4 is 17.8 Å². The predicted octanol–water partition coefficient (Wildman–Crippen LogP) is 5.10. The molecule has 1 amide bonds. The van der Waals surface area contributed by atoms with E-state index >= 15 is 0 Å². The second kappa shape index (κ2) is 21.9. The normalized spacial score (nSPS) is 32.2. The summed E-state index contributed by atoms with van der Waals surface area (Å²) in [6.45, 7) is 14.4. The highest BCUT2D eigenvalue weighted by molar-refractivity contribution is 5.82. The van der Waals surface area contributed by atoms with Crippen molar-refractivity contribution in [3.05, 3.63) is 0 Å². The molecule has 0 radical (unpaired) electrons. The fraction of sp³-hybridized carbons (Fsp3) is 0.909. The standard InChI is InChI=1S/C19H33NO5.C8H17NO2.C3H9NO.C3H6/c1-6-17-24-18(22)13(3)11-12(2)9-7-8-10-16(21)14(4)15(5)20-19(23)25-17;1-6-4-7(9(2)3)5-8(10)11-6;1-3(2,4)5;1-2-3-1/h12-15,17H,6-11H2,1-5H3,(H,20,23);6-8,10H,4-5H2,1-3H3;5H,4H2,1-2H3;1-3H2/t12?,13?,14?,15-,17-;;;/m0.../s1. The molecule has 3 aliphatic rings. The van der Waals surface area contributed by atoms with E-state index in [-0.39, 0.29) is 35.7 Å². The van der Waals surface area contributed by atoms with Crippen LogP contribution in [0.2, 0.25) is 0 Å². The maximum absolute atomic E-state index is 12.3. The van der Waals surface area contributed by atoms with E-state index in [0.717, 1.165) is 38.5 Å². The lowest BCUT2D eigenvalue weighted by Gasteiger charge is -2.34. The van der Waals surface area contributed by atoms with Crippen LogP contribution in [0.1, 0.15) is 126 Å². The average Bonchev–Trinajstić information content (AvgIpc) is 3.78. The van der Waals surface area contributed by atoms with E-state index in [9.17, 15) is 19.5 Å². The van der Waals surface area contributed by atoms with Gasteiger partial charge >= 0.3 is 12.1 Å². The average molecular weight is 632 g/mol. The van der Waals surface area contributed by atoms with Gasteiger partial charge in [0.2, 0.25) is 6.29 Å². The summed E-state index contributed by atoms with van der Waals surface area (Å²) in [6, 6.07) is 0.132. The maximum atomic E-state index is 12.3. The number of hydrogen-bond donors (Lipinski definition) is 4. The number of nitrogens with two attached hydrogens (primary N) is 1. The topological polar surface area (TPSA) is 161 Å². The van der Waals surface area contributed by atoms with E-state index in [0.29, 0.717) is 24.8 Å². The van der Waals surface area contributed by atoms with Gasteiger partial charge in [-0.1, -0.05) is 59.8 Å². The zero-order chi connectivity index (χ0) is 34.0. The first-order valence-corrected chi connectivity index (χ1v) is 16.5. The number of nitrogens with one attached hydrogen (secondary N) is 1. The Labute approximate surface area is 266 Å². The van der Waals surface area contributed by atoms with Crippen molar-refractivity contribution in [3.63, 3.8) is 0 Å². The van der Waals surface area contributed by atoms with Crippen molar-refractivity contribution in [2.75, 3.05) is 14.1 Å². The summed E-state index contributed by atoms with van der Waals surface area (Å²) in [5.74, 6) is -0.328. The summed E-state index contributed by atoms with van der Waals surface area (Å²) in [7, 11) is 4.07. The number of aliphatic hydroxyl groups is 2. The molecule has 2 saturated heterocycles. The van der Waals surface area contributed by atoms with Crippen LogP contribution in [0, 0.1) is 17.8 Å². The molecule has 1 aliphatic carbocycles. The maximum Gasteiger partial charge on any atom is 0.410 e. The Hall–Kier alpha value is -1.79. The molecule has 260 valence electrons. The highest BCUT2D eigenvalue weighted by atomic mass is 16.7. The number of amides is 1. The Kier molecular flexibility index (Phi) is 21.0. The molecule has 3 rings (SSSR count). The Morgan fingerprint density at radius 2 is 1.50 bits per heavy atom. The molecule has 0 aromatic rings. The second-order valence-corrected chi connectivity index (χ2v) is 13.6. The van der Waals surface area contributed by atoms with Crippen LogP contribution >= 0.6 is 0 Å². The Morgan fingerprint density at radius 1 is 0.932 bits per heavy atom. The summed E-state index contributed by atoms with van der Waals surface area (Å²) < 4.78 is 15.7. The van der Waals surface area contributed by atoms with Gasteiger partial charge < -0.3 is 40.4 Å². The van der Waals surface area contributed by atoms with Crippen LogP contribution < -0.4 is 11.1 Å². The summed E-state index contributed by atoms with van der Waals surface area (Å²) in [6.07, 6.45) is 8.70. The molecule has 8 atom stereocenters. The van der Waals surface area contributed by atoms with Crippen LogP contribution in [0.25, 0.3) is 0 Å². The molecule has 0 aromatic heterocycles. The van der Waals surface area contributed by atoms with Gasteiger partial charge in [0, 0.05) is 37.3 Å². The number of ether oxygens (including phenoxy) is 3. The van der Waals surface area contributed by atoms with Gasteiger partial charge in [0.15, 0.2) is 6.29 Å². The number of Topliss-reactive ketones (excluding diaryl/α,β-unsaturated/α-hetero) is 1. The third-order valence-electron chi connectivity index (χ3n) is 7.50. The minimum atomic E-state index is -1.00. The molecule has 0 bridgehead atoms. The first kappa shape index (κ1) is 42.2. The van der Waals surface area contributed by atoms with Crippen LogP contribution in [0.5, 0.6) is 0 Å². The number of carbonyl (C=O) groups is 3. The zero-order valence-corrected chi connectivity index (χ0v) is 29.3. The quantitative estimate of drug-likeness (QED) is 0.238. The summed E-state index contributed by atoms with van der Waals surface area (Å²) in [5.41, 5.74) is 3.91. The van der Waals surface area contributed by atoms with Gasteiger partial charge in [0.1, 0.15) is 11.5 Å². The lowest BCUT2D eigenvalue weighted by Crippen LogP contribution is -2.42. The van der Waals surface area contributed by atoms with Gasteiger partial charge in [-0.15, -0.1) is 0 Å². The SMILES string of the molecule is C1CC1.CC(C)(N)O.CC1CC(N(C)C)CC(O)O1.CC[C@@H]1OC(=O)N[C@@H](C)C(C)C(=O)CCCCC(C)CC(C)C(=O)O1. The molecular weight excluding hydrogens is 566 g/mol. The van der Waals surface area contributed by atoms with Crippen LogP contribution in [-0.4, -0.2) is 83.5 Å². The number of cyclic esters (lactones) is 2. The molecule has 11 nitrogen and oxygen atoms in total. The second-order valence-electron chi connectivity index (χ2n) is 13.6. The molecular formula is C33H65N3O8. The van der Waals surface area contributed by atoms with Crippen LogP contribution in [0.4, 0.5) is 4.79 Å². The molecule has 5 N–H and O–H groups in total. The van der Waals surface area contributed by atoms with Crippen molar-refractivity contribution in [2.24, 2.45) is 23.5 Å². The Balaban J connectivity index is 0.000000785. The largest absolute Gasteiger partial charge is 0.425 e. The molecule has 1 saturated carbocycles. The number of ketones is 1. The smallest absolute Gasteiger partial charge is 0.410 e. The first-order chi connectivity index (χ1) is 20.3. The zero-order valence-electron chi connectivity index (χ0n) is 29.3. The molecule has 6 unspecified atom stereocenters. The lowest BCUT2D eigenvalue weighted by atomic mass is 9.91. The van der Waals surface area contributed by atoms with E-state index in [1.807, 2.05) is 34.9 Å². The Morgan fingerprint density at radius 3 is 1.98 bits per heavy atom. The van der Waals surface area contributed by atoms with Crippen LogP contribution in [0.15, 0.2) is 0 Å². The number of esters is 1. The molecule has 44 heavy (non-hydrogen) atoms. The minimum Gasteiger partial charge on any atom is -0.425 e. The molecule has 2 heterocycles. The van der Waals surface area contributed by atoms with Crippen LogP contribution in [-0.2, 0) is 23.8 Å². The number of rotatable bonds is 2. The van der Waals surface area contributed by atoms with Crippen molar-refractivity contribution < 1.29 is 38.8 Å². The number of nitrogens with zero attached hydrogens (tertiary/aromatic N) is 1. The molecule has 11 heteroatoms. The van der Waals surface area contributed by atoms with Gasteiger partial charge in [-0.3, -0.25) is 9.59 Å². The number of alkyl carbamates (subject to hydrolysis) is 1. The van der Waals surface area contributed by atoms with E-state index in [2.05, 4.69) is 17.1 Å². The number of aliphatic hydroxyl groups excluding tert-OH is 1. The summed E-state index contributed by atoms with van der Waals surface area (Å²) >= 11 is 0. The number of hydrogen-bond acceptors (Lipinski definition) is 10. The third-order valence-corrected chi connectivity index (χ3v) is 7.50. The van der Waals surface area contributed by atoms with Crippen molar-refractivity contribution in [1.29, 1.82) is 0 Å². The predicted molar refractivity (Wildman–Crippen MR) is 172 cm³/mol. The molecule has 0 aromatic carbocycles. The third kappa shape index (κ3) is 22.7. The van der Waals surface area contributed by atoms with Gasteiger partial charge in [0.25, 0.3) is 0 Å². The summed E-state index contributed by atoms with van der Waals surface area (Å²) in [4.78, 5) is 38.6. The van der Waals surface area contributed by atoms with Gasteiger partial charge in [-0.25, -0.2) is 4.79 Å². The highest BCUT2D eigenvalue weighted by Gasteiger charge is 2.27. The number of carbonyl (C=O) groups excluding carboxylic acids is 3. The minimum absolute atomic E-state index is 0.152. The van der Waals surface area contributed by atoms with Crippen molar-refractivity contribution in [2.45, 2.75) is 163 Å². The fourth-order valence-electron chi connectivity index (χ4n) is 4.53. The Bertz CT molecular complexity index is 799. The van der Waals surface area contributed by atoms with E-state index in [1.54, 1.807) is 13.8 Å².